The van der Waals surface area contributed by atoms with Gasteiger partial charge in [-0.15, -0.1) is 0 Å². The lowest BCUT2D eigenvalue weighted by atomic mass is 10.1. The quantitative estimate of drug-likeness (QED) is 0.145. The smallest absolute Gasteiger partial charge is 0.293 e. The normalized spacial score (nSPS) is 14.3. The number of imide groups is 1. The number of ether oxygens (including phenoxy) is 2. The Morgan fingerprint density at radius 1 is 0.921 bits per heavy atom. The van der Waals surface area contributed by atoms with E-state index in [1.165, 1.54) is 25.3 Å². The molecule has 0 spiro atoms. The fourth-order valence-corrected chi connectivity index (χ4v) is 5.09. The molecule has 1 fully saturated rings. The zero-order chi connectivity index (χ0) is 26.6. The Labute approximate surface area is 222 Å². The molecule has 1 heterocycles. The summed E-state index contributed by atoms with van der Waals surface area (Å²) in [5.41, 5.74) is 1.84. The summed E-state index contributed by atoms with van der Waals surface area (Å²) in [6.45, 7) is 0.172. The van der Waals surface area contributed by atoms with Gasteiger partial charge in [0.25, 0.3) is 16.8 Å². The predicted octanol–water partition coefficient (Wildman–Crippen LogP) is 6.57. The highest BCUT2D eigenvalue weighted by Crippen LogP contribution is 2.36. The third kappa shape index (κ3) is 5.09. The van der Waals surface area contributed by atoms with E-state index in [4.69, 9.17) is 9.47 Å². The van der Waals surface area contributed by atoms with Gasteiger partial charge >= 0.3 is 0 Å². The highest BCUT2D eigenvalue weighted by molar-refractivity contribution is 8.18. The molecule has 38 heavy (non-hydrogen) atoms. The lowest BCUT2D eigenvalue weighted by molar-refractivity contribution is -0.385. The van der Waals surface area contributed by atoms with E-state index >= 15 is 0 Å². The number of methoxy groups -OCH3 is 1. The summed E-state index contributed by atoms with van der Waals surface area (Å²) in [4.78, 5) is 37.6. The Kier molecular flexibility index (Phi) is 7.10. The van der Waals surface area contributed by atoms with E-state index in [-0.39, 0.29) is 22.7 Å². The SMILES string of the molecule is COc1cc(/C=C2/SC(=O)N(Cc3ccccc3[N+](=O)[O-])C2=O)ccc1OCc1cccc2ccccc12. The lowest BCUT2D eigenvalue weighted by Crippen LogP contribution is -2.27. The number of nitro groups is 1. The number of hydrogen-bond acceptors (Lipinski definition) is 7. The standard InChI is InChI=1S/C29H22N2O6S/c1-36-26-15-19(13-14-25(26)37-18-22-10-6-9-20-7-2-4-11-23(20)22)16-27-28(32)30(29(33)38-27)17-21-8-3-5-12-24(21)31(34)35/h2-16H,17-18H2,1H3/b27-16+. The Morgan fingerprint density at radius 2 is 1.66 bits per heavy atom. The first-order valence-corrected chi connectivity index (χ1v) is 12.5. The zero-order valence-electron chi connectivity index (χ0n) is 20.3. The molecule has 9 heteroatoms. The highest BCUT2D eigenvalue weighted by Gasteiger charge is 2.36. The maximum Gasteiger partial charge on any atom is 0.293 e. The summed E-state index contributed by atoms with van der Waals surface area (Å²) in [5.74, 6) is 0.522. The lowest BCUT2D eigenvalue weighted by Gasteiger charge is -2.13. The van der Waals surface area contributed by atoms with Crippen molar-refractivity contribution in [1.82, 2.24) is 4.90 Å². The molecule has 1 aliphatic rings. The minimum Gasteiger partial charge on any atom is -0.493 e. The molecule has 1 saturated heterocycles. The number of fused-ring (bicyclic) bond motifs is 1. The number of rotatable bonds is 8. The van der Waals surface area contributed by atoms with Crippen LogP contribution in [0.3, 0.4) is 0 Å². The first-order chi connectivity index (χ1) is 18.4. The second-order valence-corrected chi connectivity index (χ2v) is 9.48. The van der Waals surface area contributed by atoms with Crippen molar-refractivity contribution in [3.63, 3.8) is 0 Å². The van der Waals surface area contributed by atoms with Crippen LogP contribution in [0, 0.1) is 10.1 Å². The van der Waals surface area contributed by atoms with Gasteiger partial charge in [-0.05, 0) is 51.9 Å². The maximum absolute atomic E-state index is 13.0. The molecule has 4 aromatic rings. The molecule has 0 saturated carbocycles. The Morgan fingerprint density at radius 3 is 2.47 bits per heavy atom. The maximum atomic E-state index is 13.0. The molecule has 190 valence electrons. The average Bonchev–Trinajstić information content (AvgIpc) is 3.19. The van der Waals surface area contributed by atoms with Crippen molar-refractivity contribution in [2.24, 2.45) is 0 Å². The van der Waals surface area contributed by atoms with Gasteiger partial charge in [0.1, 0.15) is 6.61 Å². The van der Waals surface area contributed by atoms with Crippen LogP contribution in [0.1, 0.15) is 16.7 Å². The van der Waals surface area contributed by atoms with E-state index in [1.54, 1.807) is 30.3 Å². The minimum absolute atomic E-state index is 0.139. The number of benzene rings is 4. The van der Waals surface area contributed by atoms with Crippen LogP contribution in [-0.2, 0) is 17.9 Å². The van der Waals surface area contributed by atoms with E-state index in [9.17, 15) is 19.7 Å². The topological polar surface area (TPSA) is 99.0 Å². The van der Waals surface area contributed by atoms with E-state index in [2.05, 4.69) is 18.2 Å². The van der Waals surface area contributed by atoms with Gasteiger partial charge in [-0.2, -0.15) is 0 Å². The van der Waals surface area contributed by atoms with Gasteiger partial charge in [-0.3, -0.25) is 24.6 Å². The minimum atomic E-state index is -0.527. The molecule has 1 aliphatic heterocycles. The van der Waals surface area contributed by atoms with Gasteiger partial charge in [0.2, 0.25) is 0 Å². The number of para-hydroxylation sites is 1. The van der Waals surface area contributed by atoms with Crippen molar-refractivity contribution < 1.29 is 24.0 Å². The Bertz CT molecular complexity index is 1590. The average molecular weight is 527 g/mol. The molecule has 0 N–H and O–H groups in total. The van der Waals surface area contributed by atoms with Crippen molar-refractivity contribution in [1.29, 1.82) is 0 Å². The summed E-state index contributed by atoms with van der Waals surface area (Å²) in [6, 6.07) is 25.5. The number of hydrogen-bond donors (Lipinski definition) is 0. The van der Waals surface area contributed by atoms with Crippen LogP contribution in [0.4, 0.5) is 10.5 Å². The monoisotopic (exact) mass is 526 g/mol. The van der Waals surface area contributed by atoms with Crippen molar-refractivity contribution in [3.8, 4) is 11.5 Å². The fraction of sp³-hybridized carbons (Fsp3) is 0.103. The molecule has 0 atom stereocenters. The van der Waals surface area contributed by atoms with E-state index in [1.807, 2.05) is 24.3 Å². The van der Waals surface area contributed by atoms with Crippen LogP contribution in [-0.4, -0.2) is 28.1 Å². The number of thioether (sulfide) groups is 1. The van der Waals surface area contributed by atoms with E-state index in [0.29, 0.717) is 23.7 Å². The van der Waals surface area contributed by atoms with E-state index in [0.717, 1.165) is 33.0 Å². The number of carbonyl (C=O) groups excluding carboxylic acids is 2. The van der Waals surface area contributed by atoms with E-state index < -0.39 is 16.1 Å². The summed E-state index contributed by atoms with van der Waals surface area (Å²) in [6.07, 6.45) is 1.60. The summed E-state index contributed by atoms with van der Waals surface area (Å²) in [5, 5.41) is 13.1. The second kappa shape index (κ2) is 10.8. The molecule has 2 amide bonds. The Balaban J connectivity index is 1.33. The second-order valence-electron chi connectivity index (χ2n) is 8.49. The third-order valence-electron chi connectivity index (χ3n) is 6.14. The van der Waals surface area contributed by atoms with Gasteiger partial charge in [-0.25, -0.2) is 0 Å². The molecule has 0 aliphatic carbocycles. The molecule has 0 unspecified atom stereocenters. The summed E-state index contributed by atoms with van der Waals surface area (Å²) in [7, 11) is 1.53. The largest absolute Gasteiger partial charge is 0.493 e. The van der Waals surface area contributed by atoms with Gasteiger partial charge < -0.3 is 9.47 Å². The molecule has 0 bridgehead atoms. The zero-order valence-corrected chi connectivity index (χ0v) is 21.1. The number of nitrogens with zero attached hydrogens (tertiary/aromatic N) is 2. The van der Waals surface area contributed by atoms with Crippen LogP contribution in [0.5, 0.6) is 11.5 Å². The van der Waals surface area contributed by atoms with Crippen LogP contribution >= 0.6 is 11.8 Å². The first kappa shape index (κ1) is 25.0. The third-order valence-corrected chi connectivity index (χ3v) is 7.05. The predicted molar refractivity (Wildman–Crippen MR) is 146 cm³/mol. The molecule has 4 aromatic carbocycles. The first-order valence-electron chi connectivity index (χ1n) is 11.7. The molecular weight excluding hydrogens is 504 g/mol. The van der Waals surface area contributed by atoms with Gasteiger partial charge in [0, 0.05) is 11.6 Å². The number of amides is 2. The molecular formula is C29H22N2O6S. The van der Waals surface area contributed by atoms with Crippen LogP contribution < -0.4 is 9.47 Å². The van der Waals surface area contributed by atoms with Gasteiger partial charge in [-0.1, -0.05) is 66.7 Å². The van der Waals surface area contributed by atoms with Crippen molar-refractivity contribution in [2.45, 2.75) is 13.2 Å². The van der Waals surface area contributed by atoms with Crippen LogP contribution in [0.25, 0.3) is 16.8 Å². The van der Waals surface area contributed by atoms with Crippen molar-refractivity contribution in [3.05, 3.63) is 117 Å². The fourth-order valence-electron chi connectivity index (χ4n) is 4.25. The molecule has 8 nitrogen and oxygen atoms in total. The van der Waals surface area contributed by atoms with Crippen LogP contribution in [0.15, 0.2) is 89.8 Å². The Hall–Kier alpha value is -4.63. The summed E-state index contributed by atoms with van der Waals surface area (Å²) >= 11 is 0.793. The molecule has 0 aromatic heterocycles. The summed E-state index contributed by atoms with van der Waals surface area (Å²) < 4.78 is 11.6. The van der Waals surface area contributed by atoms with Gasteiger partial charge in [0.05, 0.1) is 23.5 Å². The number of nitro benzene ring substituents is 1. The highest BCUT2D eigenvalue weighted by atomic mass is 32.2. The van der Waals surface area contributed by atoms with Crippen molar-refractivity contribution >= 4 is 45.4 Å². The number of carbonyl (C=O) groups is 2. The van der Waals surface area contributed by atoms with Crippen molar-refractivity contribution in [2.75, 3.05) is 7.11 Å². The van der Waals surface area contributed by atoms with Gasteiger partial charge in [0.15, 0.2) is 11.5 Å². The molecule has 5 rings (SSSR count). The molecule has 0 radical (unpaired) electrons. The van der Waals surface area contributed by atoms with Crippen LogP contribution in [0.2, 0.25) is 0 Å².